The summed E-state index contributed by atoms with van der Waals surface area (Å²) in [5.41, 5.74) is -1.31. The number of hydrogen-bond acceptors (Lipinski definition) is 4. The molecule has 2 amide bonds. The molecule has 0 saturated heterocycles. The van der Waals surface area contributed by atoms with Gasteiger partial charge in [0.25, 0.3) is 0 Å². The van der Waals surface area contributed by atoms with Gasteiger partial charge in [-0.1, -0.05) is 39.8 Å². The third kappa shape index (κ3) is 7.74. The highest BCUT2D eigenvalue weighted by Crippen LogP contribution is 2.26. The van der Waals surface area contributed by atoms with Gasteiger partial charge in [0.15, 0.2) is 0 Å². The maximum atomic E-state index is 13.3. The van der Waals surface area contributed by atoms with Crippen LogP contribution in [0.4, 0.5) is 4.79 Å². The number of carbonyl (C=O) groups excluding carboxylic acids is 2. The van der Waals surface area contributed by atoms with Crippen molar-refractivity contribution >= 4 is 18.0 Å². The smallest absolute Gasteiger partial charge is 0.408 e. The van der Waals surface area contributed by atoms with Gasteiger partial charge in [-0.25, -0.2) is 9.59 Å². The highest BCUT2D eigenvalue weighted by molar-refractivity contribution is 5.88. The van der Waals surface area contributed by atoms with Crippen LogP contribution in [0.1, 0.15) is 55.4 Å². The molecule has 0 aromatic carbocycles. The topological polar surface area (TPSA) is 95.9 Å². The molecule has 2 atom stereocenters. The van der Waals surface area contributed by atoms with E-state index in [9.17, 15) is 19.5 Å². The minimum atomic E-state index is -1.04. The van der Waals surface area contributed by atoms with Crippen molar-refractivity contribution in [1.82, 2.24) is 10.2 Å². The van der Waals surface area contributed by atoms with Gasteiger partial charge >= 0.3 is 12.1 Å². The van der Waals surface area contributed by atoms with E-state index in [4.69, 9.17) is 4.74 Å². The van der Waals surface area contributed by atoms with Crippen molar-refractivity contribution in [3.8, 4) is 0 Å². The van der Waals surface area contributed by atoms with Gasteiger partial charge < -0.3 is 20.1 Å². The molecule has 0 bridgehead atoms. The van der Waals surface area contributed by atoms with Crippen LogP contribution in [0.15, 0.2) is 24.3 Å². The zero-order valence-electron chi connectivity index (χ0n) is 18.6. The standard InChI is InChI=1S/C21H36N2O5/c1-11-21(8,9)16(22-19(27)28-20(5,6)7)17(24)23(10)15(13(2)3)12-14(4)18(25)26/h11-13,15-16H,1H2,2-10H3,(H,22,27)(H,25,26)/t15-,16?/m1/s1. The van der Waals surface area contributed by atoms with Crippen LogP contribution in [0.2, 0.25) is 0 Å². The Hall–Kier alpha value is -2.31. The first-order valence-electron chi connectivity index (χ1n) is 9.35. The van der Waals surface area contributed by atoms with E-state index in [0.717, 1.165) is 0 Å². The molecule has 0 spiro atoms. The van der Waals surface area contributed by atoms with Crippen LogP contribution in [0.25, 0.3) is 0 Å². The summed E-state index contributed by atoms with van der Waals surface area (Å²) in [6.45, 7) is 17.8. The number of likely N-dealkylation sites (N-methyl/N-ethyl adjacent to an activating group) is 1. The van der Waals surface area contributed by atoms with Crippen LogP contribution >= 0.6 is 0 Å². The van der Waals surface area contributed by atoms with Crippen LogP contribution in [0.3, 0.4) is 0 Å². The molecule has 2 N–H and O–H groups in total. The molecule has 0 heterocycles. The third-order valence-electron chi connectivity index (χ3n) is 4.41. The van der Waals surface area contributed by atoms with Gasteiger partial charge in [0.2, 0.25) is 5.91 Å². The predicted molar refractivity (Wildman–Crippen MR) is 110 cm³/mol. The van der Waals surface area contributed by atoms with E-state index < -0.39 is 35.2 Å². The number of alkyl carbamates (subject to hydrolysis) is 1. The number of nitrogens with zero attached hydrogens (tertiary/aromatic N) is 1. The number of ether oxygens (including phenoxy) is 1. The molecule has 7 nitrogen and oxygen atoms in total. The minimum absolute atomic E-state index is 0.0303. The normalized spacial score (nSPS) is 14.9. The molecule has 0 rings (SSSR count). The predicted octanol–water partition coefficient (Wildman–Crippen LogP) is 3.61. The van der Waals surface area contributed by atoms with Crippen molar-refractivity contribution in [2.24, 2.45) is 11.3 Å². The summed E-state index contributed by atoms with van der Waals surface area (Å²) in [4.78, 5) is 38.3. The summed E-state index contributed by atoms with van der Waals surface area (Å²) in [6.07, 6.45) is 2.45. The zero-order valence-corrected chi connectivity index (χ0v) is 18.6. The minimum Gasteiger partial charge on any atom is -0.478 e. The maximum absolute atomic E-state index is 13.3. The average molecular weight is 397 g/mol. The molecule has 160 valence electrons. The van der Waals surface area contributed by atoms with E-state index in [1.165, 1.54) is 11.8 Å². The van der Waals surface area contributed by atoms with E-state index in [-0.39, 0.29) is 17.4 Å². The molecule has 28 heavy (non-hydrogen) atoms. The third-order valence-corrected chi connectivity index (χ3v) is 4.41. The van der Waals surface area contributed by atoms with Gasteiger partial charge in [0, 0.05) is 18.0 Å². The number of rotatable bonds is 8. The molecule has 0 aliphatic heterocycles. The highest BCUT2D eigenvalue weighted by Gasteiger charge is 2.39. The number of nitrogens with one attached hydrogen (secondary N) is 1. The second kappa shape index (κ2) is 9.75. The summed E-state index contributed by atoms with van der Waals surface area (Å²) in [7, 11) is 1.60. The average Bonchev–Trinajstić information content (AvgIpc) is 2.53. The Balaban J connectivity index is 5.85. The molecule has 0 aromatic rings. The van der Waals surface area contributed by atoms with E-state index in [2.05, 4.69) is 11.9 Å². The van der Waals surface area contributed by atoms with E-state index in [1.807, 2.05) is 13.8 Å². The first-order valence-corrected chi connectivity index (χ1v) is 9.35. The highest BCUT2D eigenvalue weighted by atomic mass is 16.6. The van der Waals surface area contributed by atoms with Crippen molar-refractivity contribution in [3.63, 3.8) is 0 Å². The van der Waals surface area contributed by atoms with Crippen molar-refractivity contribution in [1.29, 1.82) is 0 Å². The molecule has 1 unspecified atom stereocenters. The Labute approximate surface area is 168 Å². The lowest BCUT2D eigenvalue weighted by Crippen LogP contribution is -2.57. The Morgan fingerprint density at radius 1 is 1.14 bits per heavy atom. The van der Waals surface area contributed by atoms with Gasteiger partial charge in [0.05, 0.1) is 6.04 Å². The maximum Gasteiger partial charge on any atom is 0.408 e. The number of carboxylic acid groups (broad SMARTS) is 1. The van der Waals surface area contributed by atoms with Gasteiger partial charge in [-0.3, -0.25) is 4.79 Å². The Bertz CT molecular complexity index is 629. The Kier molecular flexibility index (Phi) is 8.95. The zero-order chi connectivity index (χ0) is 22.4. The Morgan fingerprint density at radius 2 is 1.64 bits per heavy atom. The van der Waals surface area contributed by atoms with Gasteiger partial charge in [0.1, 0.15) is 11.6 Å². The second-order valence-electron chi connectivity index (χ2n) is 8.94. The number of carbonyl (C=O) groups is 3. The van der Waals surface area contributed by atoms with Gasteiger partial charge in [-0.2, -0.15) is 0 Å². The fourth-order valence-corrected chi connectivity index (χ4v) is 2.54. The molecular formula is C21H36N2O5. The lowest BCUT2D eigenvalue weighted by atomic mass is 9.83. The van der Waals surface area contributed by atoms with Crippen molar-refractivity contribution in [2.75, 3.05) is 7.05 Å². The SMILES string of the molecule is C=CC(C)(C)C(NC(=O)OC(C)(C)C)C(=O)N(C)[C@H](C=C(C)C(=O)O)C(C)C. The molecular weight excluding hydrogens is 360 g/mol. The molecule has 0 radical (unpaired) electrons. The van der Waals surface area contributed by atoms with Crippen molar-refractivity contribution < 1.29 is 24.2 Å². The lowest BCUT2D eigenvalue weighted by Gasteiger charge is -2.38. The number of hydrogen-bond donors (Lipinski definition) is 2. The van der Waals surface area contributed by atoms with Crippen LogP contribution in [-0.2, 0) is 14.3 Å². The monoisotopic (exact) mass is 396 g/mol. The van der Waals surface area contributed by atoms with E-state index >= 15 is 0 Å². The summed E-state index contributed by atoms with van der Waals surface area (Å²) in [5, 5.41) is 11.8. The first kappa shape index (κ1) is 25.7. The first-order chi connectivity index (χ1) is 12.5. The molecule has 7 heteroatoms. The molecule has 0 saturated carbocycles. The summed E-state index contributed by atoms with van der Waals surface area (Å²) in [5.74, 6) is -1.43. The van der Waals surface area contributed by atoms with Gasteiger partial charge in [-0.05, 0) is 33.6 Å². The summed E-state index contributed by atoms with van der Waals surface area (Å²) >= 11 is 0. The van der Waals surface area contributed by atoms with E-state index in [1.54, 1.807) is 53.8 Å². The fraction of sp³-hybridized carbons (Fsp3) is 0.667. The largest absolute Gasteiger partial charge is 0.478 e. The van der Waals surface area contributed by atoms with E-state index in [0.29, 0.717) is 0 Å². The van der Waals surface area contributed by atoms with Crippen LogP contribution in [0, 0.1) is 11.3 Å². The molecule has 0 fully saturated rings. The van der Waals surface area contributed by atoms with Gasteiger partial charge in [-0.15, -0.1) is 6.58 Å². The van der Waals surface area contributed by atoms with Crippen LogP contribution in [0.5, 0.6) is 0 Å². The van der Waals surface area contributed by atoms with Crippen LogP contribution in [-0.4, -0.2) is 52.7 Å². The van der Waals surface area contributed by atoms with Crippen molar-refractivity contribution in [3.05, 3.63) is 24.3 Å². The quantitative estimate of drug-likeness (QED) is 0.483. The number of amides is 2. The Morgan fingerprint density at radius 3 is 2.00 bits per heavy atom. The second-order valence-corrected chi connectivity index (χ2v) is 8.94. The lowest BCUT2D eigenvalue weighted by molar-refractivity contribution is -0.137. The number of carboxylic acids is 1. The fourth-order valence-electron chi connectivity index (χ4n) is 2.54. The van der Waals surface area contributed by atoms with Crippen molar-refractivity contribution in [2.45, 2.75) is 73.1 Å². The molecule has 0 aliphatic rings. The number of aliphatic carboxylic acids is 1. The summed E-state index contributed by atoms with van der Waals surface area (Å²) in [6, 6.07) is -1.38. The molecule has 0 aromatic heterocycles. The molecule has 0 aliphatic carbocycles. The van der Waals surface area contributed by atoms with Crippen LogP contribution < -0.4 is 5.32 Å². The summed E-state index contributed by atoms with van der Waals surface area (Å²) < 4.78 is 5.30.